The van der Waals surface area contributed by atoms with Gasteiger partial charge >= 0.3 is 0 Å². The summed E-state index contributed by atoms with van der Waals surface area (Å²) >= 11 is 0. The number of methoxy groups -OCH3 is 1. The van der Waals surface area contributed by atoms with E-state index in [9.17, 15) is 9.59 Å². The maximum Gasteiger partial charge on any atom is 0.271 e. The third-order valence-electron chi connectivity index (χ3n) is 3.58. The molecule has 0 aromatic heterocycles. The molecule has 0 fully saturated rings. The van der Waals surface area contributed by atoms with Crippen molar-refractivity contribution in [3.63, 3.8) is 0 Å². The van der Waals surface area contributed by atoms with Gasteiger partial charge in [-0.25, -0.2) is 5.43 Å². The predicted octanol–water partition coefficient (Wildman–Crippen LogP) is 3.20. The van der Waals surface area contributed by atoms with Crippen LogP contribution >= 0.6 is 0 Å². The molecule has 130 valence electrons. The van der Waals surface area contributed by atoms with Crippen LogP contribution in [0.15, 0.2) is 53.6 Å². The molecule has 0 bridgehead atoms. The average molecular weight is 339 g/mol. The van der Waals surface area contributed by atoms with Crippen molar-refractivity contribution in [1.29, 1.82) is 0 Å². The molecule has 2 amide bonds. The topological polar surface area (TPSA) is 79.8 Å². The highest BCUT2D eigenvalue weighted by Gasteiger charge is 2.06. The van der Waals surface area contributed by atoms with Crippen LogP contribution in [0.3, 0.4) is 0 Å². The van der Waals surface area contributed by atoms with Crippen molar-refractivity contribution >= 4 is 23.2 Å². The molecule has 0 spiro atoms. The lowest BCUT2D eigenvalue weighted by Gasteiger charge is -2.06. The van der Waals surface area contributed by atoms with E-state index < -0.39 is 0 Å². The fourth-order valence-electron chi connectivity index (χ4n) is 2.05. The monoisotopic (exact) mass is 339 g/mol. The first-order valence-corrected chi connectivity index (χ1v) is 7.92. The maximum atomic E-state index is 12.1. The summed E-state index contributed by atoms with van der Waals surface area (Å²) in [5.74, 6) is 0.369. The molecular weight excluding hydrogens is 318 g/mol. The van der Waals surface area contributed by atoms with Gasteiger partial charge < -0.3 is 10.1 Å². The molecule has 2 aromatic carbocycles. The van der Waals surface area contributed by atoms with Gasteiger partial charge in [-0.15, -0.1) is 0 Å². The van der Waals surface area contributed by atoms with Crippen LogP contribution in [0.4, 0.5) is 5.69 Å². The molecule has 2 N–H and O–H groups in total. The van der Waals surface area contributed by atoms with E-state index in [2.05, 4.69) is 15.8 Å². The van der Waals surface area contributed by atoms with Crippen LogP contribution in [0.5, 0.6) is 5.75 Å². The number of amides is 2. The second kappa shape index (κ2) is 8.63. The Morgan fingerprint density at radius 1 is 1.00 bits per heavy atom. The summed E-state index contributed by atoms with van der Waals surface area (Å²) in [6.45, 7) is 3.59. The Balaban J connectivity index is 1.99. The Kier molecular flexibility index (Phi) is 6.28. The van der Waals surface area contributed by atoms with Gasteiger partial charge in [-0.1, -0.05) is 6.92 Å². The lowest BCUT2D eigenvalue weighted by atomic mass is 10.1. The first kappa shape index (κ1) is 18.2. The second-order valence-corrected chi connectivity index (χ2v) is 5.35. The van der Waals surface area contributed by atoms with Crippen molar-refractivity contribution < 1.29 is 14.3 Å². The van der Waals surface area contributed by atoms with Crippen molar-refractivity contribution in [2.75, 3.05) is 12.4 Å². The minimum atomic E-state index is -0.318. The first-order valence-electron chi connectivity index (χ1n) is 7.92. The standard InChI is InChI=1S/C19H21N3O3/c1-4-18(23)20-16-9-5-15(6-10-16)19(24)22-21-13(2)14-7-11-17(25-3)12-8-14/h5-12H,4H2,1-3H3,(H,20,23)(H,22,24)/b21-13+. The van der Waals surface area contributed by atoms with E-state index >= 15 is 0 Å². The molecule has 0 atom stereocenters. The smallest absolute Gasteiger partial charge is 0.271 e. The lowest BCUT2D eigenvalue weighted by molar-refractivity contribution is -0.115. The van der Waals surface area contributed by atoms with Gasteiger partial charge in [-0.05, 0) is 61.0 Å². The van der Waals surface area contributed by atoms with E-state index in [0.29, 0.717) is 23.4 Å². The summed E-state index contributed by atoms with van der Waals surface area (Å²) in [5, 5.41) is 6.85. The zero-order valence-corrected chi connectivity index (χ0v) is 14.5. The molecule has 25 heavy (non-hydrogen) atoms. The minimum Gasteiger partial charge on any atom is -0.497 e. The number of carbonyl (C=O) groups is 2. The van der Waals surface area contributed by atoms with Crippen LogP contribution in [0.1, 0.15) is 36.2 Å². The zero-order valence-electron chi connectivity index (χ0n) is 14.5. The van der Waals surface area contributed by atoms with Crippen LogP contribution in [0.2, 0.25) is 0 Å². The lowest BCUT2D eigenvalue weighted by Crippen LogP contribution is -2.19. The summed E-state index contributed by atoms with van der Waals surface area (Å²) in [5.41, 5.74) is 5.21. The number of nitrogens with zero attached hydrogens (tertiary/aromatic N) is 1. The fraction of sp³-hybridized carbons (Fsp3) is 0.211. The van der Waals surface area contributed by atoms with E-state index in [1.54, 1.807) is 38.3 Å². The SMILES string of the molecule is CCC(=O)Nc1ccc(C(=O)N/N=C(\C)c2ccc(OC)cc2)cc1. The van der Waals surface area contributed by atoms with Crippen LogP contribution in [0.25, 0.3) is 0 Å². The molecule has 0 unspecified atom stereocenters. The second-order valence-electron chi connectivity index (χ2n) is 5.35. The molecule has 0 aliphatic rings. The number of hydrogen-bond donors (Lipinski definition) is 2. The van der Waals surface area contributed by atoms with Crippen molar-refractivity contribution in [3.8, 4) is 5.75 Å². The molecule has 2 aromatic rings. The molecule has 0 radical (unpaired) electrons. The Bertz CT molecular complexity index is 766. The normalized spacial score (nSPS) is 10.9. The average Bonchev–Trinajstić information content (AvgIpc) is 2.66. The van der Waals surface area contributed by atoms with Crippen molar-refractivity contribution in [1.82, 2.24) is 5.43 Å². The quantitative estimate of drug-likeness (QED) is 0.626. The first-order chi connectivity index (χ1) is 12.0. The van der Waals surface area contributed by atoms with Crippen LogP contribution in [-0.4, -0.2) is 24.6 Å². The molecular formula is C19H21N3O3. The van der Waals surface area contributed by atoms with Gasteiger partial charge in [-0.3, -0.25) is 9.59 Å². The number of rotatable bonds is 6. The predicted molar refractivity (Wildman–Crippen MR) is 98.0 cm³/mol. The highest BCUT2D eigenvalue weighted by Crippen LogP contribution is 2.12. The fourth-order valence-corrected chi connectivity index (χ4v) is 2.05. The van der Waals surface area contributed by atoms with E-state index in [0.717, 1.165) is 11.3 Å². The number of benzene rings is 2. The van der Waals surface area contributed by atoms with E-state index in [-0.39, 0.29) is 11.8 Å². The summed E-state index contributed by atoms with van der Waals surface area (Å²) in [6, 6.07) is 14.0. The van der Waals surface area contributed by atoms with Crippen LogP contribution in [-0.2, 0) is 4.79 Å². The van der Waals surface area contributed by atoms with Crippen LogP contribution in [0, 0.1) is 0 Å². The number of ether oxygens (including phenoxy) is 1. The molecule has 0 heterocycles. The summed E-state index contributed by atoms with van der Waals surface area (Å²) in [6.07, 6.45) is 0.404. The van der Waals surface area contributed by atoms with E-state index in [1.165, 1.54) is 0 Å². The number of hydrogen-bond acceptors (Lipinski definition) is 4. The minimum absolute atomic E-state index is 0.0723. The Hall–Kier alpha value is -3.15. The molecule has 0 saturated heterocycles. The highest BCUT2D eigenvalue weighted by molar-refractivity contribution is 6.01. The van der Waals surface area contributed by atoms with Crippen molar-refractivity contribution in [2.24, 2.45) is 5.10 Å². The van der Waals surface area contributed by atoms with Gasteiger partial charge in [0.15, 0.2) is 0 Å². The molecule has 0 aliphatic heterocycles. The zero-order chi connectivity index (χ0) is 18.2. The molecule has 2 rings (SSSR count). The van der Waals surface area contributed by atoms with Crippen molar-refractivity contribution in [2.45, 2.75) is 20.3 Å². The summed E-state index contributed by atoms with van der Waals surface area (Å²) in [7, 11) is 1.61. The van der Waals surface area contributed by atoms with Gasteiger partial charge in [0.05, 0.1) is 12.8 Å². The van der Waals surface area contributed by atoms with Crippen LogP contribution < -0.4 is 15.5 Å². The highest BCUT2D eigenvalue weighted by atomic mass is 16.5. The third-order valence-corrected chi connectivity index (χ3v) is 3.58. The summed E-state index contributed by atoms with van der Waals surface area (Å²) in [4.78, 5) is 23.5. The van der Waals surface area contributed by atoms with E-state index in [1.807, 2.05) is 31.2 Å². The number of hydrazone groups is 1. The van der Waals surface area contributed by atoms with Gasteiger partial charge in [-0.2, -0.15) is 5.10 Å². The van der Waals surface area contributed by atoms with Gasteiger partial charge in [0.1, 0.15) is 5.75 Å². The summed E-state index contributed by atoms with van der Waals surface area (Å²) < 4.78 is 5.11. The van der Waals surface area contributed by atoms with Gasteiger partial charge in [0, 0.05) is 17.7 Å². The molecule has 6 heteroatoms. The largest absolute Gasteiger partial charge is 0.497 e. The van der Waals surface area contributed by atoms with E-state index in [4.69, 9.17) is 4.74 Å². The Labute approximate surface area is 146 Å². The van der Waals surface area contributed by atoms with Gasteiger partial charge in [0.25, 0.3) is 5.91 Å². The number of carbonyl (C=O) groups excluding carboxylic acids is 2. The third kappa shape index (κ3) is 5.17. The molecule has 6 nitrogen and oxygen atoms in total. The maximum absolute atomic E-state index is 12.1. The number of nitrogens with one attached hydrogen (secondary N) is 2. The Morgan fingerprint density at radius 2 is 1.60 bits per heavy atom. The molecule has 0 aliphatic carbocycles. The van der Waals surface area contributed by atoms with Gasteiger partial charge in [0.2, 0.25) is 5.91 Å². The Morgan fingerprint density at radius 3 is 2.16 bits per heavy atom. The molecule has 0 saturated carbocycles. The van der Waals surface area contributed by atoms with Crippen molar-refractivity contribution in [3.05, 3.63) is 59.7 Å². The number of anilines is 1.